The van der Waals surface area contributed by atoms with E-state index in [1.807, 2.05) is 18.9 Å². The van der Waals surface area contributed by atoms with Crippen molar-refractivity contribution in [2.24, 2.45) is 11.3 Å². The quantitative estimate of drug-likeness (QED) is 0.783. The molecule has 3 aliphatic rings. The van der Waals surface area contributed by atoms with Crippen molar-refractivity contribution in [1.29, 1.82) is 0 Å². The van der Waals surface area contributed by atoms with Gasteiger partial charge in [0, 0.05) is 25.1 Å². The van der Waals surface area contributed by atoms with E-state index in [0.29, 0.717) is 6.42 Å². The summed E-state index contributed by atoms with van der Waals surface area (Å²) in [7, 11) is -1.14. The van der Waals surface area contributed by atoms with Crippen LogP contribution in [0.5, 0.6) is 0 Å². The minimum absolute atomic E-state index is 0.0240. The Balaban J connectivity index is 1.71. The molecular formula is C17H29NO4S. The third kappa shape index (κ3) is 3.04. The first-order valence-electron chi connectivity index (χ1n) is 8.98. The van der Waals surface area contributed by atoms with Crippen LogP contribution in [0.15, 0.2) is 0 Å². The van der Waals surface area contributed by atoms with E-state index < -0.39 is 9.84 Å². The smallest absolute Gasteiger partial charge is 0.226 e. The van der Waals surface area contributed by atoms with Gasteiger partial charge in [-0.2, -0.15) is 0 Å². The van der Waals surface area contributed by atoms with Gasteiger partial charge in [-0.1, -0.05) is 19.3 Å². The number of carbonyl (C=O) groups excluding carboxylic acids is 1. The minimum atomic E-state index is -3.01. The van der Waals surface area contributed by atoms with Crippen LogP contribution >= 0.6 is 0 Å². The standard InChI is InChI=1S/C17H29NO4S/c1-3-22-15-11-14(17(15)8-5-4-6-9-17)18(2)16(19)13-7-10-23(20,21)12-13/h13-15H,3-12H2,1-2H3/t13-,14+,15-/m1/s1. The summed E-state index contributed by atoms with van der Waals surface area (Å²) < 4.78 is 29.3. The van der Waals surface area contributed by atoms with Crippen LogP contribution < -0.4 is 0 Å². The van der Waals surface area contributed by atoms with Gasteiger partial charge in [0.05, 0.1) is 23.5 Å². The number of sulfone groups is 1. The van der Waals surface area contributed by atoms with Crippen molar-refractivity contribution in [3.8, 4) is 0 Å². The van der Waals surface area contributed by atoms with Crippen LogP contribution in [0.3, 0.4) is 0 Å². The fourth-order valence-corrected chi connectivity index (χ4v) is 6.73. The molecular weight excluding hydrogens is 314 g/mol. The van der Waals surface area contributed by atoms with Crippen LogP contribution in [0.25, 0.3) is 0 Å². The van der Waals surface area contributed by atoms with Gasteiger partial charge in [-0.3, -0.25) is 4.79 Å². The van der Waals surface area contributed by atoms with Crippen LogP contribution in [0.2, 0.25) is 0 Å². The molecule has 1 aliphatic heterocycles. The molecule has 1 amide bonds. The van der Waals surface area contributed by atoms with Crippen molar-refractivity contribution < 1.29 is 17.9 Å². The fraction of sp³-hybridized carbons (Fsp3) is 0.941. The molecule has 0 bridgehead atoms. The molecule has 3 fully saturated rings. The molecule has 2 aliphatic carbocycles. The molecule has 0 aromatic carbocycles. The highest BCUT2D eigenvalue weighted by molar-refractivity contribution is 7.91. The number of ether oxygens (including phenoxy) is 1. The number of hydrogen-bond donors (Lipinski definition) is 0. The summed E-state index contributed by atoms with van der Waals surface area (Å²) in [4.78, 5) is 14.6. The second-order valence-electron chi connectivity index (χ2n) is 7.54. The molecule has 5 nitrogen and oxygen atoms in total. The second-order valence-corrected chi connectivity index (χ2v) is 9.77. The molecule has 1 heterocycles. The highest BCUT2D eigenvalue weighted by Crippen LogP contribution is 2.55. The maximum atomic E-state index is 12.8. The van der Waals surface area contributed by atoms with Crippen LogP contribution in [0.4, 0.5) is 0 Å². The average Bonchev–Trinajstić information content (AvgIpc) is 2.90. The maximum Gasteiger partial charge on any atom is 0.226 e. The molecule has 1 saturated heterocycles. The lowest BCUT2D eigenvalue weighted by atomic mass is 9.54. The summed E-state index contributed by atoms with van der Waals surface area (Å²) in [5.41, 5.74) is 0.107. The average molecular weight is 343 g/mol. The number of rotatable bonds is 4. The Labute approximate surface area is 139 Å². The summed E-state index contributed by atoms with van der Waals surface area (Å²) >= 11 is 0. The van der Waals surface area contributed by atoms with Crippen molar-refractivity contribution in [3.63, 3.8) is 0 Å². The largest absolute Gasteiger partial charge is 0.378 e. The topological polar surface area (TPSA) is 63.7 Å². The fourth-order valence-electron chi connectivity index (χ4n) is 5.00. The van der Waals surface area contributed by atoms with Gasteiger partial charge in [-0.05, 0) is 32.6 Å². The molecule has 0 radical (unpaired) electrons. The van der Waals surface area contributed by atoms with E-state index in [4.69, 9.17) is 4.74 Å². The van der Waals surface area contributed by atoms with Gasteiger partial charge in [0.25, 0.3) is 0 Å². The number of carbonyl (C=O) groups is 1. The van der Waals surface area contributed by atoms with Gasteiger partial charge in [0.15, 0.2) is 9.84 Å². The Bertz CT molecular complexity index is 553. The molecule has 0 N–H and O–H groups in total. The molecule has 1 spiro atoms. The van der Waals surface area contributed by atoms with Gasteiger partial charge in [0.1, 0.15) is 0 Å². The first-order valence-corrected chi connectivity index (χ1v) is 10.8. The van der Waals surface area contributed by atoms with E-state index >= 15 is 0 Å². The maximum absolute atomic E-state index is 12.8. The summed E-state index contributed by atoms with van der Waals surface area (Å²) in [6.45, 7) is 2.75. The zero-order valence-corrected chi connectivity index (χ0v) is 15.1. The Hall–Kier alpha value is -0.620. The Morgan fingerprint density at radius 2 is 1.96 bits per heavy atom. The zero-order chi connectivity index (χ0) is 16.7. The van der Waals surface area contributed by atoms with E-state index in [2.05, 4.69) is 0 Å². The first-order chi connectivity index (χ1) is 10.9. The summed E-state index contributed by atoms with van der Waals surface area (Å²) in [5.74, 6) is -0.118. The van der Waals surface area contributed by atoms with Crippen molar-refractivity contribution in [1.82, 2.24) is 4.90 Å². The summed E-state index contributed by atoms with van der Waals surface area (Å²) in [6, 6.07) is 0.218. The molecule has 0 aromatic rings. The van der Waals surface area contributed by atoms with E-state index in [0.717, 1.165) is 25.9 Å². The second kappa shape index (κ2) is 6.36. The number of hydrogen-bond acceptors (Lipinski definition) is 4. The van der Waals surface area contributed by atoms with Crippen LogP contribution in [-0.4, -0.2) is 56.5 Å². The van der Waals surface area contributed by atoms with Crippen molar-refractivity contribution in [2.45, 2.75) is 64.0 Å². The third-order valence-electron chi connectivity index (χ3n) is 6.29. The monoisotopic (exact) mass is 343 g/mol. The molecule has 132 valence electrons. The van der Waals surface area contributed by atoms with Gasteiger partial charge < -0.3 is 9.64 Å². The zero-order valence-electron chi connectivity index (χ0n) is 14.3. The minimum Gasteiger partial charge on any atom is -0.378 e. The Kier molecular flexibility index (Phi) is 4.76. The summed E-state index contributed by atoms with van der Waals surface area (Å²) in [6.07, 6.45) is 7.59. The van der Waals surface area contributed by atoms with Crippen molar-refractivity contribution in [3.05, 3.63) is 0 Å². The van der Waals surface area contributed by atoms with E-state index in [-0.39, 0.29) is 40.9 Å². The lowest BCUT2D eigenvalue weighted by molar-refractivity contribution is -0.186. The molecule has 6 heteroatoms. The van der Waals surface area contributed by atoms with Gasteiger partial charge in [-0.25, -0.2) is 8.42 Å². The molecule has 0 aromatic heterocycles. The van der Waals surface area contributed by atoms with Crippen LogP contribution in [-0.2, 0) is 19.4 Å². The van der Waals surface area contributed by atoms with Crippen molar-refractivity contribution in [2.75, 3.05) is 25.2 Å². The first kappa shape index (κ1) is 17.2. The number of nitrogens with zero attached hydrogens (tertiary/aromatic N) is 1. The van der Waals surface area contributed by atoms with E-state index in [9.17, 15) is 13.2 Å². The number of amides is 1. The van der Waals surface area contributed by atoms with Gasteiger partial charge >= 0.3 is 0 Å². The van der Waals surface area contributed by atoms with Crippen LogP contribution in [0, 0.1) is 11.3 Å². The molecule has 3 atom stereocenters. The molecule has 0 unspecified atom stereocenters. The van der Waals surface area contributed by atoms with Gasteiger partial charge in [-0.15, -0.1) is 0 Å². The SMILES string of the molecule is CCO[C@@H]1C[C@H](N(C)C(=O)[C@@H]2CCS(=O)(=O)C2)C12CCCCC2. The predicted octanol–water partition coefficient (Wildman–Crippen LogP) is 2.01. The highest BCUT2D eigenvalue weighted by atomic mass is 32.2. The Morgan fingerprint density at radius 3 is 2.52 bits per heavy atom. The summed E-state index contributed by atoms with van der Waals surface area (Å²) in [5, 5.41) is 0. The third-order valence-corrected chi connectivity index (χ3v) is 8.06. The predicted molar refractivity (Wildman–Crippen MR) is 88.9 cm³/mol. The normalized spacial score (nSPS) is 35.0. The van der Waals surface area contributed by atoms with Crippen LogP contribution in [0.1, 0.15) is 51.9 Å². The van der Waals surface area contributed by atoms with Gasteiger partial charge in [0.2, 0.25) is 5.91 Å². The molecule has 3 rings (SSSR count). The highest BCUT2D eigenvalue weighted by Gasteiger charge is 2.58. The van der Waals surface area contributed by atoms with Crippen molar-refractivity contribution >= 4 is 15.7 Å². The molecule has 2 saturated carbocycles. The lowest BCUT2D eigenvalue weighted by Gasteiger charge is -2.60. The van der Waals surface area contributed by atoms with E-state index in [1.54, 1.807) is 0 Å². The molecule has 23 heavy (non-hydrogen) atoms. The lowest BCUT2D eigenvalue weighted by Crippen LogP contribution is -2.66. The Morgan fingerprint density at radius 1 is 1.26 bits per heavy atom. The van der Waals surface area contributed by atoms with E-state index in [1.165, 1.54) is 19.3 Å².